The Morgan fingerprint density at radius 2 is 1.40 bits per heavy atom. The highest BCUT2D eigenvalue weighted by Gasteiger charge is 2.16. The molecule has 0 heterocycles. The Kier molecular flexibility index (Phi) is 11.1. The lowest BCUT2D eigenvalue weighted by Gasteiger charge is -2.17. The van der Waals surface area contributed by atoms with Crippen LogP contribution in [0.1, 0.15) is 15.9 Å². The van der Waals surface area contributed by atoms with Crippen LogP contribution in [0.3, 0.4) is 0 Å². The first-order valence-corrected chi connectivity index (χ1v) is 11.5. The van der Waals surface area contributed by atoms with Crippen LogP contribution in [0.2, 0.25) is 0 Å². The summed E-state index contributed by atoms with van der Waals surface area (Å²) in [6.07, 6.45) is 0.776. The molecule has 7 nitrogen and oxygen atoms in total. The summed E-state index contributed by atoms with van der Waals surface area (Å²) in [5.41, 5.74) is 3.03. The summed E-state index contributed by atoms with van der Waals surface area (Å²) in [7, 11) is 3.20. The van der Waals surface area contributed by atoms with E-state index in [1.54, 1.807) is 20.3 Å². The predicted molar refractivity (Wildman–Crippen MR) is 134 cm³/mol. The van der Waals surface area contributed by atoms with Crippen LogP contribution in [-0.4, -0.2) is 60.1 Å². The van der Waals surface area contributed by atoms with E-state index in [-0.39, 0.29) is 0 Å². The number of para-hydroxylation sites is 1. The summed E-state index contributed by atoms with van der Waals surface area (Å²) in [5.74, 6) is 1.58. The van der Waals surface area contributed by atoms with Gasteiger partial charge >= 0.3 is 0 Å². The Balaban J connectivity index is 1.66. The van der Waals surface area contributed by atoms with Crippen LogP contribution in [0.5, 0.6) is 17.2 Å². The smallest absolute Gasteiger partial charge is 0.172 e. The minimum absolute atomic E-state index is 0.328. The quantitative estimate of drug-likeness (QED) is 0.215. The van der Waals surface area contributed by atoms with Gasteiger partial charge in [0.05, 0.1) is 45.7 Å². The summed E-state index contributed by atoms with van der Waals surface area (Å²) < 4.78 is 33.4. The first-order valence-electron chi connectivity index (χ1n) is 11.5. The molecule has 0 aliphatic rings. The lowest BCUT2D eigenvalue weighted by atomic mass is 10.0. The molecule has 3 aromatic carbocycles. The van der Waals surface area contributed by atoms with Crippen molar-refractivity contribution in [2.45, 2.75) is 6.61 Å². The van der Waals surface area contributed by atoms with Gasteiger partial charge in [-0.15, -0.1) is 0 Å². The molecule has 0 fully saturated rings. The van der Waals surface area contributed by atoms with E-state index in [0.29, 0.717) is 69.1 Å². The molecule has 0 spiro atoms. The van der Waals surface area contributed by atoms with E-state index < -0.39 is 0 Å². The maximum atomic E-state index is 11.9. The topological polar surface area (TPSA) is 72.5 Å². The van der Waals surface area contributed by atoms with Crippen molar-refractivity contribution < 1.29 is 33.2 Å². The maximum Gasteiger partial charge on any atom is 0.172 e. The lowest BCUT2D eigenvalue weighted by Crippen LogP contribution is -2.12. The molecule has 3 aromatic rings. The second kappa shape index (κ2) is 14.8. The van der Waals surface area contributed by atoms with Crippen molar-refractivity contribution >= 4 is 6.29 Å². The van der Waals surface area contributed by atoms with Gasteiger partial charge in [0, 0.05) is 12.7 Å². The summed E-state index contributed by atoms with van der Waals surface area (Å²) in [5, 5.41) is 0. The van der Waals surface area contributed by atoms with Gasteiger partial charge in [0.1, 0.15) is 19.0 Å². The molecular weight excluding hydrogens is 448 g/mol. The number of hydrogen-bond acceptors (Lipinski definition) is 7. The molecule has 3 rings (SSSR count). The van der Waals surface area contributed by atoms with Gasteiger partial charge in [0.15, 0.2) is 17.8 Å². The van der Waals surface area contributed by atoms with Gasteiger partial charge in [-0.1, -0.05) is 48.5 Å². The number of hydrogen-bond donors (Lipinski definition) is 0. The minimum atomic E-state index is 0.328. The highest BCUT2D eigenvalue weighted by atomic mass is 16.6. The van der Waals surface area contributed by atoms with Crippen LogP contribution in [-0.2, 0) is 20.8 Å². The fourth-order valence-corrected chi connectivity index (χ4v) is 3.41. The first-order chi connectivity index (χ1) is 17.3. The van der Waals surface area contributed by atoms with Gasteiger partial charge < -0.3 is 28.4 Å². The molecule has 0 bridgehead atoms. The molecular formula is C28H32O7. The van der Waals surface area contributed by atoms with Gasteiger partial charge in [-0.2, -0.15) is 0 Å². The number of benzene rings is 3. The minimum Gasteiger partial charge on any atom is -0.493 e. The average molecular weight is 481 g/mol. The third-order valence-electron chi connectivity index (χ3n) is 5.14. The zero-order chi connectivity index (χ0) is 24.7. The fourth-order valence-electron chi connectivity index (χ4n) is 3.41. The molecule has 7 heteroatoms. The Bertz CT molecular complexity index is 1040. The van der Waals surface area contributed by atoms with E-state index in [9.17, 15) is 4.79 Å². The van der Waals surface area contributed by atoms with Crippen molar-refractivity contribution in [2.75, 3.05) is 53.9 Å². The SMILES string of the molecule is COCCOCCOCCOc1ccccc1-c1cc(C=O)c(OCc2ccccc2)c(OC)c1. The van der Waals surface area contributed by atoms with E-state index >= 15 is 0 Å². The molecule has 0 atom stereocenters. The maximum absolute atomic E-state index is 11.9. The predicted octanol–water partition coefficient (Wildman–Crippen LogP) is 4.81. The second-order valence-electron chi connectivity index (χ2n) is 7.55. The van der Waals surface area contributed by atoms with Crippen LogP contribution in [0.15, 0.2) is 66.7 Å². The molecule has 186 valence electrons. The second-order valence-corrected chi connectivity index (χ2v) is 7.55. The largest absolute Gasteiger partial charge is 0.493 e. The first kappa shape index (κ1) is 26.2. The number of carbonyl (C=O) groups is 1. The van der Waals surface area contributed by atoms with E-state index in [1.807, 2.05) is 60.7 Å². The number of ether oxygens (including phenoxy) is 6. The van der Waals surface area contributed by atoms with Gasteiger partial charge in [-0.3, -0.25) is 4.79 Å². The summed E-state index contributed by atoms with van der Waals surface area (Å²) in [4.78, 5) is 11.9. The van der Waals surface area contributed by atoms with Crippen LogP contribution < -0.4 is 14.2 Å². The van der Waals surface area contributed by atoms with Gasteiger partial charge in [0.2, 0.25) is 0 Å². The molecule has 0 aliphatic heterocycles. The van der Waals surface area contributed by atoms with Crippen LogP contribution in [0.25, 0.3) is 11.1 Å². The zero-order valence-electron chi connectivity index (χ0n) is 20.2. The van der Waals surface area contributed by atoms with E-state index in [2.05, 4.69) is 0 Å². The van der Waals surface area contributed by atoms with Crippen LogP contribution >= 0.6 is 0 Å². The van der Waals surface area contributed by atoms with Gasteiger partial charge in [-0.05, 0) is 29.3 Å². The van der Waals surface area contributed by atoms with Crippen molar-refractivity contribution in [3.05, 3.63) is 77.9 Å². The summed E-state index contributed by atoms with van der Waals surface area (Å²) in [6, 6.07) is 21.0. The molecule has 0 saturated carbocycles. The molecule has 0 saturated heterocycles. The Labute approximate surface area is 206 Å². The molecule has 0 aromatic heterocycles. The van der Waals surface area contributed by atoms with Crippen molar-refractivity contribution in [3.63, 3.8) is 0 Å². The van der Waals surface area contributed by atoms with E-state index in [4.69, 9.17) is 28.4 Å². The highest BCUT2D eigenvalue weighted by Crippen LogP contribution is 2.39. The molecule has 0 radical (unpaired) electrons. The Morgan fingerprint density at radius 3 is 2.11 bits per heavy atom. The lowest BCUT2D eigenvalue weighted by molar-refractivity contribution is 0.0180. The van der Waals surface area contributed by atoms with E-state index in [0.717, 1.165) is 23.0 Å². The molecule has 0 amide bonds. The molecule has 0 aliphatic carbocycles. The standard InChI is InChI=1S/C28H32O7/c1-30-12-13-32-14-15-33-16-17-34-26-11-7-6-10-25(26)23-18-24(20-29)28(27(19-23)31-2)35-21-22-8-4-3-5-9-22/h3-11,18-20H,12-17,21H2,1-2H3. The Hall–Kier alpha value is -3.39. The average Bonchev–Trinajstić information content (AvgIpc) is 2.91. The monoisotopic (exact) mass is 480 g/mol. The van der Waals surface area contributed by atoms with Crippen LogP contribution in [0, 0.1) is 0 Å². The summed E-state index contributed by atoms with van der Waals surface area (Å²) >= 11 is 0. The Morgan fingerprint density at radius 1 is 0.714 bits per heavy atom. The highest BCUT2D eigenvalue weighted by molar-refractivity contribution is 5.86. The van der Waals surface area contributed by atoms with Gasteiger partial charge in [0.25, 0.3) is 0 Å². The van der Waals surface area contributed by atoms with Crippen molar-refractivity contribution in [1.29, 1.82) is 0 Å². The van der Waals surface area contributed by atoms with Crippen molar-refractivity contribution in [2.24, 2.45) is 0 Å². The number of aldehydes is 1. The zero-order valence-corrected chi connectivity index (χ0v) is 20.2. The van der Waals surface area contributed by atoms with Crippen LogP contribution in [0.4, 0.5) is 0 Å². The number of rotatable bonds is 16. The normalized spacial score (nSPS) is 10.7. The molecule has 0 N–H and O–H groups in total. The fraction of sp³-hybridized carbons (Fsp3) is 0.321. The molecule has 35 heavy (non-hydrogen) atoms. The number of methoxy groups -OCH3 is 2. The van der Waals surface area contributed by atoms with Crippen molar-refractivity contribution in [3.8, 4) is 28.4 Å². The summed E-state index contributed by atoms with van der Waals surface area (Å²) in [6.45, 7) is 3.24. The third kappa shape index (κ3) is 8.10. The molecule has 0 unspecified atom stereocenters. The third-order valence-corrected chi connectivity index (χ3v) is 5.14. The van der Waals surface area contributed by atoms with E-state index in [1.165, 1.54) is 0 Å². The van der Waals surface area contributed by atoms with Gasteiger partial charge in [-0.25, -0.2) is 0 Å². The van der Waals surface area contributed by atoms with Crippen molar-refractivity contribution in [1.82, 2.24) is 0 Å². The number of carbonyl (C=O) groups excluding carboxylic acids is 1.